The van der Waals surface area contributed by atoms with Gasteiger partial charge in [-0.1, -0.05) is 30.3 Å². The van der Waals surface area contributed by atoms with Crippen LogP contribution in [0.5, 0.6) is 0 Å². The summed E-state index contributed by atoms with van der Waals surface area (Å²) in [4.78, 5) is 35.7. The number of esters is 1. The van der Waals surface area contributed by atoms with Gasteiger partial charge in [-0.05, 0) is 39.7 Å². The van der Waals surface area contributed by atoms with E-state index in [0.29, 0.717) is 0 Å². The zero-order valence-corrected chi connectivity index (χ0v) is 18.1. The van der Waals surface area contributed by atoms with Crippen molar-refractivity contribution in [2.45, 2.75) is 11.3 Å². The molecule has 0 bridgehead atoms. The highest BCUT2D eigenvalue weighted by molar-refractivity contribution is 9.10. The molecule has 0 aliphatic carbocycles. The fraction of sp³-hybridized carbons (Fsp3) is 0.211. The Morgan fingerprint density at radius 2 is 1.69 bits per heavy atom. The van der Waals surface area contributed by atoms with Gasteiger partial charge in [0.2, 0.25) is 15.9 Å². The molecule has 0 aliphatic heterocycles. The molecular weight excluding hydrogens is 464 g/mol. The van der Waals surface area contributed by atoms with E-state index in [9.17, 15) is 22.8 Å². The van der Waals surface area contributed by atoms with E-state index in [1.165, 1.54) is 26.2 Å². The summed E-state index contributed by atoms with van der Waals surface area (Å²) in [6, 6.07) is 12.8. The molecule has 2 amide bonds. The van der Waals surface area contributed by atoms with Gasteiger partial charge in [-0.2, -0.15) is 0 Å². The second kappa shape index (κ2) is 9.77. The minimum atomic E-state index is -3.79. The predicted octanol–water partition coefficient (Wildman–Crippen LogP) is 1.74. The molecule has 2 rings (SSSR count). The lowest BCUT2D eigenvalue weighted by atomic mass is 10.1. The zero-order chi connectivity index (χ0) is 21.6. The highest BCUT2D eigenvalue weighted by atomic mass is 79.9. The Bertz CT molecular complexity index is 1020. The molecule has 0 unspecified atom stereocenters. The van der Waals surface area contributed by atoms with Crippen molar-refractivity contribution in [1.82, 2.24) is 9.62 Å². The van der Waals surface area contributed by atoms with Gasteiger partial charge in [0.1, 0.15) is 0 Å². The zero-order valence-electron chi connectivity index (χ0n) is 15.7. The second-order valence-corrected chi connectivity index (χ2v) is 9.12. The molecule has 1 N–H and O–H groups in total. The number of rotatable bonds is 7. The van der Waals surface area contributed by atoms with Crippen molar-refractivity contribution >= 4 is 43.7 Å². The van der Waals surface area contributed by atoms with E-state index in [2.05, 4.69) is 21.2 Å². The average Bonchev–Trinajstić information content (AvgIpc) is 2.66. The number of nitrogens with one attached hydrogen (secondary N) is 1. The van der Waals surface area contributed by atoms with Crippen LogP contribution in [0.25, 0.3) is 0 Å². The number of benzene rings is 2. The lowest BCUT2D eigenvalue weighted by molar-refractivity contribution is -0.132. The van der Waals surface area contributed by atoms with Crippen LogP contribution in [-0.2, 0) is 30.8 Å². The first-order valence-corrected chi connectivity index (χ1v) is 10.6. The molecule has 154 valence electrons. The van der Waals surface area contributed by atoms with Crippen molar-refractivity contribution in [1.29, 1.82) is 0 Å². The van der Waals surface area contributed by atoms with Crippen LogP contribution in [0.3, 0.4) is 0 Å². The Morgan fingerprint density at radius 1 is 1.03 bits per heavy atom. The highest BCUT2D eigenvalue weighted by Crippen LogP contribution is 2.25. The molecule has 2 aromatic rings. The third-order valence-corrected chi connectivity index (χ3v) is 6.56. The molecule has 0 heterocycles. The fourth-order valence-electron chi connectivity index (χ4n) is 2.26. The van der Waals surface area contributed by atoms with E-state index in [4.69, 9.17) is 4.74 Å². The van der Waals surface area contributed by atoms with Crippen molar-refractivity contribution in [3.05, 3.63) is 64.1 Å². The number of hydrogen-bond donors (Lipinski definition) is 1. The lowest BCUT2D eigenvalue weighted by Crippen LogP contribution is -2.35. The van der Waals surface area contributed by atoms with Crippen molar-refractivity contribution in [2.75, 3.05) is 20.7 Å². The Morgan fingerprint density at radius 3 is 2.31 bits per heavy atom. The third-order valence-electron chi connectivity index (χ3n) is 3.75. The van der Waals surface area contributed by atoms with Crippen LogP contribution >= 0.6 is 15.9 Å². The normalized spacial score (nSPS) is 11.2. The minimum Gasteiger partial charge on any atom is -0.452 e. The van der Waals surface area contributed by atoms with Gasteiger partial charge in [0.25, 0.3) is 5.91 Å². The second-order valence-electron chi connectivity index (χ2n) is 6.14. The van der Waals surface area contributed by atoms with Gasteiger partial charge < -0.3 is 4.74 Å². The number of nitrogens with zero attached hydrogens (tertiary/aromatic N) is 1. The molecule has 0 atom stereocenters. The van der Waals surface area contributed by atoms with Crippen LogP contribution in [0.15, 0.2) is 57.9 Å². The van der Waals surface area contributed by atoms with Gasteiger partial charge in [-0.25, -0.2) is 17.5 Å². The van der Waals surface area contributed by atoms with Gasteiger partial charge in [0.05, 0.1) is 16.9 Å². The van der Waals surface area contributed by atoms with E-state index in [1.54, 1.807) is 24.3 Å². The van der Waals surface area contributed by atoms with Crippen molar-refractivity contribution in [3.8, 4) is 0 Å². The maximum Gasteiger partial charge on any atom is 0.338 e. The lowest BCUT2D eigenvalue weighted by Gasteiger charge is -2.13. The summed E-state index contributed by atoms with van der Waals surface area (Å²) >= 11 is 3.14. The Hall–Kier alpha value is -2.56. The van der Waals surface area contributed by atoms with E-state index in [0.717, 1.165) is 15.9 Å². The molecule has 0 saturated carbocycles. The highest BCUT2D eigenvalue weighted by Gasteiger charge is 2.23. The molecular formula is C19H19BrN2O6S. The van der Waals surface area contributed by atoms with Crippen LogP contribution < -0.4 is 5.32 Å². The fourth-order valence-corrected chi connectivity index (χ4v) is 4.10. The third kappa shape index (κ3) is 6.21. The van der Waals surface area contributed by atoms with Crippen LogP contribution in [-0.4, -0.2) is 51.2 Å². The first-order valence-electron chi connectivity index (χ1n) is 8.37. The molecule has 0 aromatic heterocycles. The Balaban J connectivity index is 1.97. The molecule has 8 nitrogen and oxygen atoms in total. The number of halogens is 1. The number of carbonyl (C=O) groups is 3. The summed E-state index contributed by atoms with van der Waals surface area (Å²) in [5.74, 6) is -2.20. The standard InChI is InChI=1S/C19H19BrN2O6S/c1-22(2)29(26,27)16-11-14(8-9-15(16)20)19(25)28-12-18(24)21-17(23)10-13-6-4-3-5-7-13/h3-9,11H,10,12H2,1-2H3,(H,21,23,24). The average molecular weight is 483 g/mol. The number of hydrogen-bond acceptors (Lipinski definition) is 6. The van der Waals surface area contributed by atoms with E-state index in [-0.39, 0.29) is 21.4 Å². The number of amides is 2. The van der Waals surface area contributed by atoms with Gasteiger partial charge in [-0.15, -0.1) is 0 Å². The summed E-state index contributed by atoms with van der Waals surface area (Å²) in [7, 11) is -1.06. The van der Waals surface area contributed by atoms with Gasteiger partial charge in [0, 0.05) is 18.6 Å². The van der Waals surface area contributed by atoms with Crippen molar-refractivity contribution in [2.24, 2.45) is 0 Å². The minimum absolute atomic E-state index is 0.0129. The van der Waals surface area contributed by atoms with Gasteiger partial charge in [-0.3, -0.25) is 14.9 Å². The smallest absolute Gasteiger partial charge is 0.338 e. The maximum atomic E-state index is 12.3. The van der Waals surface area contributed by atoms with Gasteiger partial charge >= 0.3 is 5.97 Å². The van der Waals surface area contributed by atoms with Crippen LogP contribution in [0.4, 0.5) is 0 Å². The largest absolute Gasteiger partial charge is 0.452 e. The van der Waals surface area contributed by atoms with E-state index < -0.39 is 34.4 Å². The van der Waals surface area contributed by atoms with Crippen molar-refractivity contribution < 1.29 is 27.5 Å². The molecule has 0 saturated heterocycles. The van der Waals surface area contributed by atoms with Crippen LogP contribution in [0, 0.1) is 0 Å². The molecule has 10 heteroatoms. The first kappa shape index (κ1) is 22.7. The number of sulfonamides is 1. The molecule has 2 aromatic carbocycles. The molecule has 0 fully saturated rings. The summed E-state index contributed by atoms with van der Waals surface area (Å²) in [6.07, 6.45) is 0.0129. The molecule has 0 spiro atoms. The Kier molecular flexibility index (Phi) is 7.66. The summed E-state index contributed by atoms with van der Waals surface area (Å²) in [5.41, 5.74) is 0.691. The van der Waals surface area contributed by atoms with Crippen molar-refractivity contribution in [3.63, 3.8) is 0 Å². The molecule has 0 aliphatic rings. The number of ether oxygens (including phenoxy) is 1. The SMILES string of the molecule is CN(C)S(=O)(=O)c1cc(C(=O)OCC(=O)NC(=O)Cc2ccccc2)ccc1Br. The topological polar surface area (TPSA) is 110 Å². The van der Waals surface area contributed by atoms with Crippen LogP contribution in [0.2, 0.25) is 0 Å². The molecule has 0 radical (unpaired) electrons. The first-order chi connectivity index (χ1) is 13.6. The Labute approximate surface area is 177 Å². The predicted molar refractivity (Wildman–Crippen MR) is 109 cm³/mol. The monoisotopic (exact) mass is 482 g/mol. The molecule has 29 heavy (non-hydrogen) atoms. The van der Waals surface area contributed by atoms with E-state index in [1.807, 2.05) is 6.07 Å². The summed E-state index contributed by atoms with van der Waals surface area (Å²) in [5, 5.41) is 2.13. The maximum absolute atomic E-state index is 12.3. The summed E-state index contributed by atoms with van der Waals surface area (Å²) < 4.78 is 30.8. The quantitative estimate of drug-likeness (QED) is 0.601. The van der Waals surface area contributed by atoms with E-state index >= 15 is 0 Å². The number of imide groups is 1. The van der Waals surface area contributed by atoms with Crippen LogP contribution in [0.1, 0.15) is 15.9 Å². The summed E-state index contributed by atoms with van der Waals surface area (Å²) in [6.45, 7) is -0.675. The van der Waals surface area contributed by atoms with Gasteiger partial charge in [0.15, 0.2) is 6.61 Å². The number of carbonyl (C=O) groups excluding carboxylic acids is 3.